The zero-order valence-corrected chi connectivity index (χ0v) is 13.7. The molecule has 0 radical (unpaired) electrons. The topological polar surface area (TPSA) is 49.8 Å². The second-order valence-electron chi connectivity index (χ2n) is 5.47. The van der Waals surface area contributed by atoms with Gasteiger partial charge in [0.2, 0.25) is 0 Å². The van der Waals surface area contributed by atoms with E-state index < -0.39 is 0 Å². The number of nitrogens with zero attached hydrogens (tertiary/aromatic N) is 2. The van der Waals surface area contributed by atoms with Gasteiger partial charge in [-0.05, 0) is 33.1 Å². The van der Waals surface area contributed by atoms with Crippen LogP contribution in [0.3, 0.4) is 0 Å². The molecule has 1 rings (SSSR count). The van der Waals surface area contributed by atoms with Gasteiger partial charge in [-0.25, -0.2) is 9.97 Å². The number of anilines is 2. The summed E-state index contributed by atoms with van der Waals surface area (Å²) in [6, 6.07) is 0.446. The van der Waals surface area contributed by atoms with Crippen molar-refractivity contribution in [2.75, 3.05) is 17.2 Å². The van der Waals surface area contributed by atoms with Crippen LogP contribution < -0.4 is 10.6 Å². The zero-order valence-electron chi connectivity index (χ0n) is 13.7. The van der Waals surface area contributed by atoms with Crippen LogP contribution in [0.15, 0.2) is 0 Å². The maximum absolute atomic E-state index is 4.69. The molecule has 114 valence electrons. The molecule has 0 fully saturated rings. The van der Waals surface area contributed by atoms with Crippen LogP contribution in [-0.4, -0.2) is 22.6 Å². The van der Waals surface area contributed by atoms with E-state index in [0.717, 1.165) is 55.3 Å². The van der Waals surface area contributed by atoms with E-state index in [4.69, 9.17) is 4.98 Å². The predicted octanol–water partition coefficient (Wildman–Crippen LogP) is 4.16. The molecule has 0 saturated carbocycles. The maximum atomic E-state index is 4.69. The number of aromatic nitrogens is 2. The lowest BCUT2D eigenvalue weighted by molar-refractivity contribution is 0.684. The SMILES string of the molecule is CCCNc1nc(CCC)nc(NC(C)CCC)c1C. The molecular weight excluding hydrogens is 248 g/mol. The first kappa shape index (κ1) is 16.7. The fourth-order valence-electron chi connectivity index (χ4n) is 2.19. The number of aryl methyl sites for hydroxylation is 1. The molecule has 0 spiro atoms. The molecule has 0 aromatic carbocycles. The third-order valence-corrected chi connectivity index (χ3v) is 3.31. The minimum atomic E-state index is 0.446. The van der Waals surface area contributed by atoms with Gasteiger partial charge in [-0.2, -0.15) is 0 Å². The summed E-state index contributed by atoms with van der Waals surface area (Å²) >= 11 is 0. The first-order chi connectivity index (χ1) is 9.62. The highest BCUT2D eigenvalue weighted by Crippen LogP contribution is 2.22. The molecule has 1 aromatic rings. The Balaban J connectivity index is 2.97. The molecule has 4 heteroatoms. The van der Waals surface area contributed by atoms with Crippen LogP contribution in [0, 0.1) is 6.92 Å². The zero-order chi connectivity index (χ0) is 15.0. The highest BCUT2D eigenvalue weighted by atomic mass is 15.1. The predicted molar refractivity (Wildman–Crippen MR) is 87.5 cm³/mol. The summed E-state index contributed by atoms with van der Waals surface area (Å²) in [7, 11) is 0. The van der Waals surface area contributed by atoms with Gasteiger partial charge in [0.1, 0.15) is 17.5 Å². The maximum Gasteiger partial charge on any atom is 0.134 e. The summed E-state index contributed by atoms with van der Waals surface area (Å²) in [5.74, 6) is 2.91. The molecule has 0 amide bonds. The average molecular weight is 278 g/mol. The third kappa shape index (κ3) is 4.99. The Kier molecular flexibility index (Phi) is 7.34. The second kappa shape index (κ2) is 8.77. The Morgan fingerprint density at radius 1 is 1.00 bits per heavy atom. The van der Waals surface area contributed by atoms with Crippen molar-refractivity contribution in [1.29, 1.82) is 0 Å². The Bertz CT molecular complexity index is 404. The molecule has 2 N–H and O–H groups in total. The Morgan fingerprint density at radius 3 is 2.30 bits per heavy atom. The van der Waals surface area contributed by atoms with Gasteiger partial charge in [0.25, 0.3) is 0 Å². The van der Waals surface area contributed by atoms with Crippen LogP contribution in [0.4, 0.5) is 11.6 Å². The van der Waals surface area contributed by atoms with E-state index in [0.29, 0.717) is 6.04 Å². The lowest BCUT2D eigenvalue weighted by atomic mass is 10.2. The molecule has 0 aliphatic carbocycles. The van der Waals surface area contributed by atoms with E-state index in [-0.39, 0.29) is 0 Å². The van der Waals surface area contributed by atoms with Gasteiger partial charge in [-0.15, -0.1) is 0 Å². The number of hydrogen-bond acceptors (Lipinski definition) is 4. The summed E-state index contributed by atoms with van der Waals surface area (Å²) in [5, 5.41) is 6.95. The van der Waals surface area contributed by atoms with E-state index in [9.17, 15) is 0 Å². The highest BCUT2D eigenvalue weighted by Gasteiger charge is 2.12. The Labute approximate surface area is 123 Å². The van der Waals surface area contributed by atoms with Gasteiger partial charge in [-0.3, -0.25) is 0 Å². The standard InChI is InChI=1S/C16H30N4/c1-6-9-12(4)18-16-13(5)15(17-11-8-3)19-14(20-16)10-7-2/h12H,6-11H2,1-5H3,(H2,17,18,19,20). The van der Waals surface area contributed by atoms with Gasteiger partial charge >= 0.3 is 0 Å². The second-order valence-corrected chi connectivity index (χ2v) is 5.47. The van der Waals surface area contributed by atoms with Crippen LogP contribution in [0.1, 0.15) is 64.8 Å². The summed E-state index contributed by atoms with van der Waals surface area (Å²) < 4.78 is 0. The van der Waals surface area contributed by atoms with E-state index in [1.807, 2.05) is 0 Å². The van der Waals surface area contributed by atoms with Crippen molar-refractivity contribution in [3.05, 3.63) is 11.4 Å². The Morgan fingerprint density at radius 2 is 1.70 bits per heavy atom. The lowest BCUT2D eigenvalue weighted by Gasteiger charge is -2.18. The van der Waals surface area contributed by atoms with E-state index in [2.05, 4.69) is 50.2 Å². The van der Waals surface area contributed by atoms with Crippen molar-refractivity contribution in [3.63, 3.8) is 0 Å². The molecule has 0 bridgehead atoms. The molecule has 0 aliphatic heterocycles. The van der Waals surface area contributed by atoms with Crippen molar-refractivity contribution < 1.29 is 0 Å². The molecule has 1 aromatic heterocycles. The quantitative estimate of drug-likeness (QED) is 0.712. The summed E-state index contributed by atoms with van der Waals surface area (Å²) in [6.45, 7) is 11.8. The fraction of sp³-hybridized carbons (Fsp3) is 0.750. The molecule has 1 unspecified atom stereocenters. The monoisotopic (exact) mass is 278 g/mol. The number of hydrogen-bond donors (Lipinski definition) is 2. The van der Waals surface area contributed by atoms with Crippen LogP contribution in [0.25, 0.3) is 0 Å². The lowest BCUT2D eigenvalue weighted by Crippen LogP contribution is -2.18. The molecular formula is C16H30N4. The van der Waals surface area contributed by atoms with E-state index in [1.165, 1.54) is 6.42 Å². The molecule has 1 atom stereocenters. The molecule has 1 heterocycles. The van der Waals surface area contributed by atoms with Crippen molar-refractivity contribution >= 4 is 11.6 Å². The van der Waals surface area contributed by atoms with Gasteiger partial charge < -0.3 is 10.6 Å². The minimum absolute atomic E-state index is 0.446. The Hall–Kier alpha value is -1.32. The van der Waals surface area contributed by atoms with Crippen molar-refractivity contribution in [3.8, 4) is 0 Å². The van der Waals surface area contributed by atoms with Gasteiger partial charge in [0, 0.05) is 24.6 Å². The summed E-state index contributed by atoms with van der Waals surface area (Å²) in [6.07, 6.45) is 5.44. The first-order valence-electron chi connectivity index (χ1n) is 8.00. The molecule has 0 aliphatic rings. The van der Waals surface area contributed by atoms with Crippen LogP contribution in [-0.2, 0) is 6.42 Å². The summed E-state index contributed by atoms with van der Waals surface area (Å²) in [4.78, 5) is 9.34. The molecule has 0 saturated heterocycles. The fourth-order valence-corrected chi connectivity index (χ4v) is 2.19. The number of rotatable bonds is 9. The summed E-state index contributed by atoms with van der Waals surface area (Å²) in [5.41, 5.74) is 1.13. The normalized spacial score (nSPS) is 12.2. The van der Waals surface area contributed by atoms with Gasteiger partial charge in [0.15, 0.2) is 0 Å². The van der Waals surface area contributed by atoms with Crippen LogP contribution in [0.5, 0.6) is 0 Å². The number of nitrogens with one attached hydrogen (secondary N) is 2. The van der Waals surface area contributed by atoms with E-state index in [1.54, 1.807) is 0 Å². The third-order valence-electron chi connectivity index (χ3n) is 3.31. The minimum Gasteiger partial charge on any atom is -0.370 e. The molecule has 4 nitrogen and oxygen atoms in total. The van der Waals surface area contributed by atoms with Gasteiger partial charge in [-0.1, -0.05) is 27.2 Å². The van der Waals surface area contributed by atoms with Crippen LogP contribution >= 0.6 is 0 Å². The highest BCUT2D eigenvalue weighted by molar-refractivity contribution is 5.57. The average Bonchev–Trinajstić information content (AvgIpc) is 2.41. The van der Waals surface area contributed by atoms with Crippen molar-refractivity contribution in [2.24, 2.45) is 0 Å². The largest absolute Gasteiger partial charge is 0.370 e. The molecule has 20 heavy (non-hydrogen) atoms. The first-order valence-corrected chi connectivity index (χ1v) is 8.00. The van der Waals surface area contributed by atoms with Crippen molar-refractivity contribution in [1.82, 2.24) is 9.97 Å². The van der Waals surface area contributed by atoms with Crippen LogP contribution in [0.2, 0.25) is 0 Å². The van der Waals surface area contributed by atoms with Crippen molar-refractivity contribution in [2.45, 2.75) is 72.8 Å². The van der Waals surface area contributed by atoms with E-state index >= 15 is 0 Å². The van der Waals surface area contributed by atoms with Gasteiger partial charge in [0.05, 0.1) is 0 Å². The smallest absolute Gasteiger partial charge is 0.134 e.